The van der Waals surface area contributed by atoms with E-state index < -0.39 is 5.97 Å². The number of carbonyl (C=O) groups excluding carboxylic acids is 1. The van der Waals surface area contributed by atoms with E-state index in [1.54, 1.807) is 36.3 Å². The molecule has 0 spiro atoms. The van der Waals surface area contributed by atoms with Crippen molar-refractivity contribution in [3.8, 4) is 5.75 Å². The lowest BCUT2D eigenvalue weighted by Gasteiger charge is -2.34. The topological polar surface area (TPSA) is 70.1 Å². The first-order valence-electron chi connectivity index (χ1n) is 9.97. The summed E-state index contributed by atoms with van der Waals surface area (Å²) in [5.41, 5.74) is 2.03. The van der Waals surface area contributed by atoms with Crippen LogP contribution in [-0.2, 0) is 16.0 Å². The monoisotopic (exact) mass is 396 g/mol. The molecule has 1 amide bonds. The van der Waals surface area contributed by atoms with Gasteiger partial charge in [-0.15, -0.1) is 0 Å². The fourth-order valence-corrected chi connectivity index (χ4v) is 3.79. The molecule has 1 N–H and O–H groups in total. The second kappa shape index (κ2) is 9.96. The molecule has 1 aliphatic heterocycles. The van der Waals surface area contributed by atoms with Crippen LogP contribution in [0.25, 0.3) is 0 Å². The van der Waals surface area contributed by atoms with Crippen molar-refractivity contribution in [3.05, 3.63) is 60.2 Å². The van der Waals surface area contributed by atoms with Gasteiger partial charge in [0.05, 0.1) is 13.7 Å². The molecule has 6 nitrogen and oxygen atoms in total. The number of carboxylic acids is 1. The molecule has 1 fully saturated rings. The van der Waals surface area contributed by atoms with Crippen molar-refractivity contribution < 1.29 is 19.4 Å². The Kier molecular flexibility index (Phi) is 7.11. The Hall–Kier alpha value is -3.02. The minimum Gasteiger partial charge on any atom is -0.497 e. The molecular formula is C23H28N2O4. The lowest BCUT2D eigenvalue weighted by Crippen LogP contribution is -2.45. The smallest absolute Gasteiger partial charge is 0.323 e. The number of carboxylic acid groups (broad SMARTS) is 1. The second-order valence-electron chi connectivity index (χ2n) is 7.46. The number of ether oxygens (including phenoxy) is 1. The maximum atomic E-state index is 12.8. The van der Waals surface area contributed by atoms with Gasteiger partial charge in [0.2, 0.25) is 5.91 Å². The Morgan fingerprint density at radius 3 is 2.28 bits per heavy atom. The Labute approximate surface area is 171 Å². The van der Waals surface area contributed by atoms with Gasteiger partial charge < -0.3 is 19.6 Å². The van der Waals surface area contributed by atoms with Gasteiger partial charge in [-0.25, -0.2) is 0 Å². The van der Waals surface area contributed by atoms with E-state index in [9.17, 15) is 14.7 Å². The van der Waals surface area contributed by atoms with Crippen LogP contribution in [0.3, 0.4) is 0 Å². The van der Waals surface area contributed by atoms with Crippen LogP contribution in [0.5, 0.6) is 5.75 Å². The van der Waals surface area contributed by atoms with Gasteiger partial charge in [-0.2, -0.15) is 0 Å². The molecule has 1 saturated heterocycles. The lowest BCUT2D eigenvalue weighted by atomic mass is 9.90. The summed E-state index contributed by atoms with van der Waals surface area (Å²) in [7, 11) is 1.58. The number of methoxy groups -OCH3 is 1. The van der Waals surface area contributed by atoms with E-state index in [1.807, 2.05) is 11.0 Å². The number of nitrogens with zero attached hydrogens (tertiary/aromatic N) is 2. The van der Waals surface area contributed by atoms with E-state index in [4.69, 9.17) is 4.74 Å². The number of hydrogen-bond acceptors (Lipinski definition) is 4. The largest absolute Gasteiger partial charge is 0.497 e. The summed E-state index contributed by atoms with van der Waals surface area (Å²) < 4.78 is 5.15. The van der Waals surface area contributed by atoms with Crippen LogP contribution in [0, 0.1) is 5.92 Å². The maximum Gasteiger partial charge on any atom is 0.323 e. The summed E-state index contributed by atoms with van der Waals surface area (Å²) >= 11 is 0. The highest BCUT2D eigenvalue weighted by molar-refractivity contribution is 5.84. The van der Waals surface area contributed by atoms with E-state index in [1.165, 1.54) is 5.56 Å². The molecule has 0 aliphatic carbocycles. The van der Waals surface area contributed by atoms with E-state index in [-0.39, 0.29) is 19.0 Å². The van der Waals surface area contributed by atoms with Crippen molar-refractivity contribution in [2.75, 3.05) is 38.2 Å². The predicted molar refractivity (Wildman–Crippen MR) is 112 cm³/mol. The molecule has 2 aromatic rings. The van der Waals surface area contributed by atoms with Crippen molar-refractivity contribution >= 4 is 17.6 Å². The number of carbonyl (C=O) groups is 2. The van der Waals surface area contributed by atoms with Crippen molar-refractivity contribution in [1.29, 1.82) is 0 Å². The molecule has 3 rings (SSSR count). The number of amides is 1. The molecule has 0 radical (unpaired) electrons. The van der Waals surface area contributed by atoms with Gasteiger partial charge in [-0.3, -0.25) is 9.59 Å². The molecule has 1 aliphatic rings. The number of likely N-dealkylation sites (tertiary alicyclic amines) is 1. The number of piperidine rings is 1. The SMILES string of the molecule is COc1ccc(N(CC(=O)O)CC(=O)N2CCC(Cc3ccccc3)CC2)cc1. The van der Waals surface area contributed by atoms with Crippen LogP contribution < -0.4 is 9.64 Å². The van der Waals surface area contributed by atoms with Gasteiger partial charge in [0, 0.05) is 18.8 Å². The van der Waals surface area contributed by atoms with Gasteiger partial charge in [-0.1, -0.05) is 30.3 Å². The molecule has 0 bridgehead atoms. The van der Waals surface area contributed by atoms with Crippen molar-refractivity contribution in [3.63, 3.8) is 0 Å². The van der Waals surface area contributed by atoms with Crippen molar-refractivity contribution in [2.45, 2.75) is 19.3 Å². The molecule has 0 unspecified atom stereocenters. The fraction of sp³-hybridized carbons (Fsp3) is 0.391. The second-order valence-corrected chi connectivity index (χ2v) is 7.46. The molecule has 0 saturated carbocycles. The molecule has 154 valence electrons. The summed E-state index contributed by atoms with van der Waals surface area (Å²) in [6.45, 7) is 1.28. The van der Waals surface area contributed by atoms with Gasteiger partial charge in [0.15, 0.2) is 0 Å². The number of rotatable bonds is 8. The minimum atomic E-state index is -0.963. The summed E-state index contributed by atoms with van der Waals surface area (Å²) in [6, 6.07) is 17.5. The third kappa shape index (κ3) is 5.98. The third-order valence-corrected chi connectivity index (χ3v) is 5.42. The van der Waals surface area contributed by atoms with E-state index in [2.05, 4.69) is 24.3 Å². The lowest BCUT2D eigenvalue weighted by molar-refractivity contribution is -0.135. The molecule has 29 heavy (non-hydrogen) atoms. The standard InChI is InChI=1S/C23H28N2O4/c1-29-21-9-7-20(8-10-21)25(17-23(27)28)16-22(26)24-13-11-19(12-14-24)15-18-5-3-2-4-6-18/h2-10,19H,11-17H2,1H3,(H,27,28). The highest BCUT2D eigenvalue weighted by Crippen LogP contribution is 2.23. The maximum absolute atomic E-state index is 12.8. The van der Waals surface area contributed by atoms with Gasteiger partial charge >= 0.3 is 5.97 Å². The minimum absolute atomic E-state index is 0.0276. The van der Waals surface area contributed by atoms with E-state index in [0.29, 0.717) is 17.4 Å². The Bertz CT molecular complexity index is 799. The van der Waals surface area contributed by atoms with Crippen LogP contribution in [0.2, 0.25) is 0 Å². The molecular weight excluding hydrogens is 368 g/mol. The van der Waals surface area contributed by atoms with Gasteiger partial charge in [-0.05, 0) is 55.0 Å². The number of anilines is 1. The van der Waals surface area contributed by atoms with Crippen molar-refractivity contribution in [2.24, 2.45) is 5.92 Å². The first-order chi connectivity index (χ1) is 14.0. The van der Waals surface area contributed by atoms with Crippen LogP contribution in [-0.4, -0.2) is 55.2 Å². The summed E-state index contributed by atoms with van der Waals surface area (Å²) in [6.07, 6.45) is 2.99. The van der Waals surface area contributed by atoms with Crippen LogP contribution in [0.15, 0.2) is 54.6 Å². The van der Waals surface area contributed by atoms with Gasteiger partial charge in [0.1, 0.15) is 12.3 Å². The van der Waals surface area contributed by atoms with Crippen LogP contribution in [0.1, 0.15) is 18.4 Å². The number of aliphatic carboxylic acids is 1. The first-order valence-corrected chi connectivity index (χ1v) is 9.97. The molecule has 1 heterocycles. The van der Waals surface area contributed by atoms with Gasteiger partial charge in [0.25, 0.3) is 0 Å². The zero-order chi connectivity index (χ0) is 20.6. The van der Waals surface area contributed by atoms with E-state index >= 15 is 0 Å². The summed E-state index contributed by atoms with van der Waals surface area (Å²) in [4.78, 5) is 27.6. The quantitative estimate of drug-likeness (QED) is 0.743. The zero-order valence-corrected chi connectivity index (χ0v) is 16.8. The van der Waals surface area contributed by atoms with E-state index in [0.717, 1.165) is 32.4 Å². The molecule has 0 atom stereocenters. The third-order valence-electron chi connectivity index (χ3n) is 5.42. The predicted octanol–water partition coefficient (Wildman–Crippen LogP) is 3.07. The Morgan fingerprint density at radius 1 is 1.03 bits per heavy atom. The number of hydrogen-bond donors (Lipinski definition) is 1. The summed E-state index contributed by atoms with van der Waals surface area (Å²) in [5, 5.41) is 9.25. The zero-order valence-electron chi connectivity index (χ0n) is 16.8. The molecule has 2 aromatic carbocycles. The Balaban J connectivity index is 1.56. The highest BCUT2D eigenvalue weighted by Gasteiger charge is 2.25. The molecule has 6 heteroatoms. The van der Waals surface area contributed by atoms with Crippen molar-refractivity contribution in [1.82, 2.24) is 4.90 Å². The highest BCUT2D eigenvalue weighted by atomic mass is 16.5. The van der Waals surface area contributed by atoms with Crippen LogP contribution in [0.4, 0.5) is 5.69 Å². The van der Waals surface area contributed by atoms with Crippen LogP contribution >= 0.6 is 0 Å². The average Bonchev–Trinajstić information content (AvgIpc) is 2.74. The first kappa shape index (κ1) is 20.7. The fourth-order valence-electron chi connectivity index (χ4n) is 3.79. The number of benzene rings is 2. The normalized spacial score (nSPS) is 14.4. The Morgan fingerprint density at radius 2 is 1.69 bits per heavy atom. The molecule has 0 aromatic heterocycles. The summed E-state index contributed by atoms with van der Waals surface area (Å²) in [5.74, 6) is 0.282. The average molecular weight is 396 g/mol.